The van der Waals surface area contributed by atoms with Crippen molar-refractivity contribution in [3.63, 3.8) is 0 Å². The third kappa shape index (κ3) is 2.80. The van der Waals surface area contributed by atoms with Crippen molar-refractivity contribution in [1.29, 1.82) is 0 Å². The van der Waals surface area contributed by atoms with Crippen molar-refractivity contribution in [3.8, 4) is 0 Å². The molecule has 2 saturated heterocycles. The van der Waals surface area contributed by atoms with Crippen LogP contribution >= 0.6 is 0 Å². The van der Waals surface area contributed by atoms with Crippen LogP contribution in [0.1, 0.15) is 44.9 Å². The molecule has 0 saturated carbocycles. The zero-order valence-corrected chi connectivity index (χ0v) is 10.2. The molecule has 6 nitrogen and oxygen atoms in total. The van der Waals surface area contributed by atoms with Crippen LogP contribution in [-0.2, 0) is 23.9 Å². The number of ether oxygens (including phenoxy) is 2. The highest BCUT2D eigenvalue weighted by Crippen LogP contribution is 2.27. The minimum Gasteiger partial charge on any atom is -0.413 e. The molecule has 0 aromatic carbocycles. The molecule has 0 unspecified atom stereocenters. The molecule has 100 valence electrons. The van der Waals surface area contributed by atoms with E-state index in [0.29, 0.717) is 25.8 Å². The van der Waals surface area contributed by atoms with Gasteiger partial charge in [-0.3, -0.25) is 14.4 Å². The highest BCUT2D eigenvalue weighted by atomic mass is 16.7. The molecule has 2 rings (SSSR count). The Kier molecular flexibility index (Phi) is 3.84. The third-order valence-electron chi connectivity index (χ3n) is 3.13. The Morgan fingerprint density at radius 1 is 0.889 bits per heavy atom. The smallest absolute Gasteiger partial charge is 0.336 e. The predicted octanol–water partition coefficient (Wildman–Crippen LogP) is 0.643. The van der Waals surface area contributed by atoms with Gasteiger partial charge in [-0.2, -0.15) is 0 Å². The van der Waals surface area contributed by atoms with Crippen LogP contribution in [-0.4, -0.2) is 30.2 Å². The lowest BCUT2D eigenvalue weighted by Gasteiger charge is -2.29. The number of hydrogen-bond acceptors (Lipinski definition) is 5. The molecule has 6 heteroatoms. The van der Waals surface area contributed by atoms with Gasteiger partial charge in [-0.1, -0.05) is 0 Å². The first kappa shape index (κ1) is 12.9. The van der Waals surface area contributed by atoms with Gasteiger partial charge in [0.25, 0.3) is 0 Å². The quantitative estimate of drug-likeness (QED) is 0.642. The molecule has 0 radical (unpaired) electrons. The van der Waals surface area contributed by atoms with Gasteiger partial charge in [0.05, 0.1) is 0 Å². The maximum absolute atomic E-state index is 12.0. The number of amides is 1. The van der Waals surface area contributed by atoms with E-state index in [9.17, 15) is 14.4 Å². The average molecular weight is 255 g/mol. The lowest BCUT2D eigenvalue weighted by atomic mass is 10.1. The topological polar surface area (TPSA) is 81.7 Å². The maximum atomic E-state index is 12.0. The minimum atomic E-state index is -1.74. The number of carbonyl (C=O) groups excluding carboxylic acids is 3. The van der Waals surface area contributed by atoms with Gasteiger partial charge in [0.15, 0.2) is 0 Å². The van der Waals surface area contributed by atoms with Gasteiger partial charge in [-0.25, -0.2) is 0 Å². The Hall–Kier alpha value is -1.59. The molecule has 2 aliphatic heterocycles. The predicted molar refractivity (Wildman–Crippen MR) is 60.2 cm³/mol. The van der Waals surface area contributed by atoms with Crippen molar-refractivity contribution in [2.45, 2.75) is 50.7 Å². The van der Waals surface area contributed by atoms with E-state index in [1.165, 1.54) is 0 Å². The zero-order valence-electron chi connectivity index (χ0n) is 10.2. The van der Waals surface area contributed by atoms with Gasteiger partial charge in [0.1, 0.15) is 0 Å². The summed E-state index contributed by atoms with van der Waals surface area (Å²) < 4.78 is 10.3. The van der Waals surface area contributed by atoms with E-state index in [2.05, 4.69) is 5.32 Å². The number of nitrogens with one attached hydrogen (secondary N) is 1. The lowest BCUT2D eigenvalue weighted by Crippen LogP contribution is -2.51. The van der Waals surface area contributed by atoms with Crippen LogP contribution in [0.25, 0.3) is 0 Å². The molecule has 0 aromatic rings. The van der Waals surface area contributed by atoms with E-state index in [1.54, 1.807) is 0 Å². The monoisotopic (exact) mass is 255 g/mol. The van der Waals surface area contributed by atoms with Gasteiger partial charge in [0.2, 0.25) is 0 Å². The van der Waals surface area contributed by atoms with Crippen molar-refractivity contribution in [2.75, 3.05) is 6.54 Å². The van der Waals surface area contributed by atoms with E-state index in [-0.39, 0.29) is 19.3 Å². The SMILES string of the molecule is O=C1CCCCC(=O)OC2(CCCCNC2=O)O1. The van der Waals surface area contributed by atoms with E-state index in [0.717, 1.165) is 6.42 Å². The molecular weight excluding hydrogens is 238 g/mol. The van der Waals surface area contributed by atoms with Crippen molar-refractivity contribution in [2.24, 2.45) is 0 Å². The van der Waals surface area contributed by atoms with Gasteiger partial charge in [-0.05, 0) is 25.7 Å². The van der Waals surface area contributed by atoms with Crippen molar-refractivity contribution >= 4 is 17.8 Å². The molecule has 1 spiro atoms. The number of hydrogen-bond donors (Lipinski definition) is 1. The first-order valence-corrected chi connectivity index (χ1v) is 6.34. The highest BCUT2D eigenvalue weighted by Gasteiger charge is 2.47. The fraction of sp³-hybridized carbons (Fsp3) is 0.750. The molecule has 2 heterocycles. The first-order chi connectivity index (χ1) is 8.62. The largest absolute Gasteiger partial charge is 0.413 e. The molecule has 1 amide bonds. The van der Waals surface area contributed by atoms with Crippen molar-refractivity contribution in [3.05, 3.63) is 0 Å². The number of carbonyl (C=O) groups is 3. The molecule has 0 aliphatic carbocycles. The Morgan fingerprint density at radius 3 is 2.11 bits per heavy atom. The van der Waals surface area contributed by atoms with E-state index in [1.807, 2.05) is 0 Å². The fourth-order valence-electron chi connectivity index (χ4n) is 2.16. The van der Waals surface area contributed by atoms with Crippen LogP contribution in [0.3, 0.4) is 0 Å². The summed E-state index contributed by atoms with van der Waals surface area (Å²) in [7, 11) is 0. The second-order valence-corrected chi connectivity index (χ2v) is 4.62. The normalized spacial score (nSPS) is 25.0. The maximum Gasteiger partial charge on any atom is 0.336 e. The van der Waals surface area contributed by atoms with Crippen LogP contribution in [0.2, 0.25) is 0 Å². The summed E-state index contributed by atoms with van der Waals surface area (Å²) in [5.74, 6) is -3.23. The molecule has 0 aromatic heterocycles. The third-order valence-corrected chi connectivity index (χ3v) is 3.13. The lowest BCUT2D eigenvalue weighted by molar-refractivity contribution is -0.227. The summed E-state index contributed by atoms with van der Waals surface area (Å²) in [5.41, 5.74) is 0. The Bertz CT molecular complexity index is 345. The van der Waals surface area contributed by atoms with Gasteiger partial charge in [0, 0.05) is 25.8 Å². The number of rotatable bonds is 0. The second kappa shape index (κ2) is 5.37. The molecule has 2 fully saturated rings. The number of esters is 2. The molecular formula is C12H17NO5. The first-order valence-electron chi connectivity index (χ1n) is 6.34. The summed E-state index contributed by atoms with van der Waals surface area (Å²) >= 11 is 0. The molecule has 0 bridgehead atoms. The standard InChI is InChI=1S/C12H17NO5/c14-9-5-1-2-6-10(15)18-12(17-9)7-3-4-8-13-11(12)16/h1-8H2,(H,13,16). The summed E-state index contributed by atoms with van der Waals surface area (Å²) in [6.45, 7) is 0.510. The van der Waals surface area contributed by atoms with E-state index in [4.69, 9.17) is 9.47 Å². The van der Waals surface area contributed by atoms with Gasteiger partial charge < -0.3 is 14.8 Å². The summed E-state index contributed by atoms with van der Waals surface area (Å²) in [6, 6.07) is 0. The minimum absolute atomic E-state index is 0.214. The Labute approximate surface area is 105 Å². The van der Waals surface area contributed by atoms with Gasteiger partial charge in [-0.15, -0.1) is 0 Å². The van der Waals surface area contributed by atoms with Crippen molar-refractivity contribution < 1.29 is 23.9 Å². The van der Waals surface area contributed by atoms with Crippen LogP contribution in [0.4, 0.5) is 0 Å². The highest BCUT2D eigenvalue weighted by molar-refractivity contribution is 5.89. The molecule has 0 atom stereocenters. The van der Waals surface area contributed by atoms with Gasteiger partial charge >= 0.3 is 23.6 Å². The average Bonchev–Trinajstić information content (AvgIpc) is 2.43. The molecule has 2 aliphatic rings. The van der Waals surface area contributed by atoms with Crippen LogP contribution in [0.15, 0.2) is 0 Å². The zero-order chi connectivity index (χ0) is 13.0. The van der Waals surface area contributed by atoms with Crippen LogP contribution < -0.4 is 5.32 Å². The van der Waals surface area contributed by atoms with Crippen LogP contribution in [0.5, 0.6) is 0 Å². The molecule has 18 heavy (non-hydrogen) atoms. The summed E-state index contributed by atoms with van der Waals surface area (Å²) in [4.78, 5) is 35.3. The molecule has 1 N–H and O–H groups in total. The summed E-state index contributed by atoms with van der Waals surface area (Å²) in [5, 5.41) is 2.62. The Morgan fingerprint density at radius 2 is 1.50 bits per heavy atom. The van der Waals surface area contributed by atoms with E-state index < -0.39 is 23.6 Å². The van der Waals surface area contributed by atoms with E-state index >= 15 is 0 Å². The fourth-order valence-corrected chi connectivity index (χ4v) is 2.16. The van der Waals surface area contributed by atoms with Crippen molar-refractivity contribution in [1.82, 2.24) is 5.32 Å². The Balaban J connectivity index is 2.24. The van der Waals surface area contributed by atoms with Crippen LogP contribution in [0, 0.1) is 0 Å². The summed E-state index contributed by atoms with van der Waals surface area (Å²) in [6.07, 6.45) is 3.26. The second-order valence-electron chi connectivity index (χ2n) is 4.62.